The van der Waals surface area contributed by atoms with Crippen LogP contribution in [0.5, 0.6) is 0 Å². The van der Waals surface area contributed by atoms with Crippen LogP contribution in [0.3, 0.4) is 0 Å². The van der Waals surface area contributed by atoms with E-state index in [-0.39, 0.29) is 45.1 Å². The van der Waals surface area contributed by atoms with Gasteiger partial charge in [0.25, 0.3) is 0 Å². The number of esters is 1. The molecule has 0 aromatic carbocycles. The minimum atomic E-state index is -0.545. The number of rotatable bonds is 2. The molecule has 4 bridgehead atoms. The number of ketones is 2. The minimum absolute atomic E-state index is 0.0815. The van der Waals surface area contributed by atoms with Gasteiger partial charge < -0.3 is 4.74 Å². The van der Waals surface area contributed by atoms with Crippen molar-refractivity contribution in [1.29, 1.82) is 0 Å². The highest BCUT2D eigenvalue weighted by Gasteiger charge is 2.65. The number of hydrogen-bond donors (Lipinski definition) is 0. The molecule has 0 unspecified atom stereocenters. The Hall–Kier alpha value is -1.71. The normalized spacial score (nSPS) is 43.9. The summed E-state index contributed by atoms with van der Waals surface area (Å²) in [5, 5.41) is 0. The van der Waals surface area contributed by atoms with Gasteiger partial charge in [0.1, 0.15) is 6.26 Å². The molecule has 4 heteroatoms. The maximum absolute atomic E-state index is 12.8. The molecule has 0 aromatic heterocycles. The number of hydrogen-bond acceptors (Lipinski definition) is 4. The van der Waals surface area contributed by atoms with E-state index in [0.29, 0.717) is 11.1 Å². The Morgan fingerprint density at radius 1 is 0.852 bits per heavy atom. The molecule has 4 nitrogen and oxygen atoms in total. The van der Waals surface area contributed by atoms with Crippen molar-refractivity contribution in [2.75, 3.05) is 0 Å². The van der Waals surface area contributed by atoms with Crippen molar-refractivity contribution in [3.05, 3.63) is 23.5 Å². The summed E-state index contributed by atoms with van der Waals surface area (Å²) in [7, 11) is 0. The number of carbonyl (C=O) groups is 3. The first-order valence-electron chi connectivity index (χ1n) is 10.1. The highest BCUT2D eigenvalue weighted by molar-refractivity contribution is 6.08. The standard InChI is InChI=1S/C23H30O4/c1-20(2)15-7-9-22(20,5)18(25)13(15)11-17(24)27-12-14-16-8-10-23(6,19(14)26)21(16,3)4/h11-12,15-16H,7-10H2,1-6H3/b13-11-,14-12-/t15-,16-,22-,23-/m0/s1. The van der Waals surface area contributed by atoms with Crippen LogP contribution in [0.1, 0.15) is 67.2 Å². The van der Waals surface area contributed by atoms with Crippen LogP contribution in [0, 0.1) is 33.5 Å². The smallest absolute Gasteiger partial charge is 0.335 e. The van der Waals surface area contributed by atoms with Crippen LogP contribution in [0.25, 0.3) is 0 Å². The molecule has 0 saturated heterocycles. The second-order valence-corrected chi connectivity index (χ2v) is 10.6. The highest BCUT2D eigenvalue weighted by Crippen LogP contribution is 2.66. The van der Waals surface area contributed by atoms with Crippen LogP contribution in [0.4, 0.5) is 0 Å². The summed E-state index contributed by atoms with van der Waals surface area (Å²) in [6, 6.07) is 0. The van der Waals surface area contributed by atoms with Gasteiger partial charge in [-0.2, -0.15) is 0 Å². The van der Waals surface area contributed by atoms with Crippen molar-refractivity contribution in [3.8, 4) is 0 Å². The second-order valence-electron chi connectivity index (χ2n) is 10.6. The molecule has 0 radical (unpaired) electrons. The lowest BCUT2D eigenvalue weighted by molar-refractivity contribution is -0.133. The van der Waals surface area contributed by atoms with Gasteiger partial charge in [-0.1, -0.05) is 41.5 Å². The minimum Gasteiger partial charge on any atom is -0.431 e. The van der Waals surface area contributed by atoms with Gasteiger partial charge in [-0.15, -0.1) is 0 Å². The Morgan fingerprint density at radius 3 is 1.70 bits per heavy atom. The van der Waals surface area contributed by atoms with Crippen LogP contribution in [-0.2, 0) is 19.1 Å². The van der Waals surface area contributed by atoms with Gasteiger partial charge in [0.15, 0.2) is 11.6 Å². The van der Waals surface area contributed by atoms with E-state index in [2.05, 4.69) is 27.7 Å². The lowest BCUT2D eigenvalue weighted by Gasteiger charge is -2.31. The Morgan fingerprint density at radius 2 is 1.30 bits per heavy atom. The van der Waals surface area contributed by atoms with E-state index < -0.39 is 5.97 Å². The molecule has 4 rings (SSSR count). The summed E-state index contributed by atoms with van der Waals surface area (Å²) in [4.78, 5) is 38.1. The second kappa shape index (κ2) is 5.21. The first-order valence-corrected chi connectivity index (χ1v) is 10.1. The van der Waals surface area contributed by atoms with Crippen molar-refractivity contribution in [1.82, 2.24) is 0 Å². The summed E-state index contributed by atoms with van der Waals surface area (Å²) < 4.78 is 5.36. The molecule has 146 valence electrons. The van der Waals surface area contributed by atoms with Gasteiger partial charge in [-0.25, -0.2) is 4.79 Å². The third-order valence-electron chi connectivity index (χ3n) is 9.31. The summed E-state index contributed by atoms with van der Waals surface area (Å²) in [5.74, 6) is -0.113. The van der Waals surface area contributed by atoms with Crippen molar-refractivity contribution < 1.29 is 19.1 Å². The van der Waals surface area contributed by atoms with E-state index >= 15 is 0 Å². The average molecular weight is 370 g/mol. The van der Waals surface area contributed by atoms with Gasteiger partial charge in [0.2, 0.25) is 0 Å². The molecule has 0 amide bonds. The van der Waals surface area contributed by atoms with Crippen LogP contribution in [-0.4, -0.2) is 17.5 Å². The lowest BCUT2D eigenvalue weighted by Crippen LogP contribution is -2.32. The molecular weight excluding hydrogens is 340 g/mol. The predicted molar refractivity (Wildman–Crippen MR) is 101 cm³/mol. The van der Waals surface area contributed by atoms with Crippen molar-refractivity contribution in [2.24, 2.45) is 33.5 Å². The van der Waals surface area contributed by atoms with E-state index in [1.54, 1.807) is 0 Å². The molecule has 0 N–H and O–H groups in total. The lowest BCUT2D eigenvalue weighted by atomic mass is 9.70. The fourth-order valence-corrected chi connectivity index (χ4v) is 6.44. The molecule has 0 aromatic rings. The maximum Gasteiger partial charge on any atom is 0.335 e. The molecule has 4 fully saturated rings. The van der Waals surface area contributed by atoms with E-state index in [9.17, 15) is 14.4 Å². The summed E-state index contributed by atoms with van der Waals surface area (Å²) >= 11 is 0. The van der Waals surface area contributed by atoms with Crippen LogP contribution in [0.2, 0.25) is 0 Å². The number of allylic oxidation sites excluding steroid dienone is 2. The van der Waals surface area contributed by atoms with Crippen LogP contribution < -0.4 is 0 Å². The Bertz CT molecular complexity index is 827. The number of fused-ring (bicyclic) bond motifs is 4. The van der Waals surface area contributed by atoms with Crippen LogP contribution in [0.15, 0.2) is 23.5 Å². The Balaban J connectivity index is 1.55. The molecule has 4 aliphatic rings. The quantitative estimate of drug-likeness (QED) is 0.411. The van der Waals surface area contributed by atoms with E-state index in [4.69, 9.17) is 4.74 Å². The third-order valence-corrected chi connectivity index (χ3v) is 9.31. The SMILES string of the molecule is CC1(C)[C@H]2CC[C@@]1(C)C(=O)/C2=C\OC(=O)/C=C1\C(=O)[C@]2(C)CC[C@@H]1C2(C)C. The molecule has 4 saturated carbocycles. The molecule has 27 heavy (non-hydrogen) atoms. The summed E-state index contributed by atoms with van der Waals surface area (Å²) in [5.41, 5.74) is 0.235. The Labute approximate surface area is 161 Å². The van der Waals surface area contributed by atoms with E-state index in [1.165, 1.54) is 12.3 Å². The largest absolute Gasteiger partial charge is 0.431 e. The molecular formula is C23H30O4. The van der Waals surface area contributed by atoms with Crippen molar-refractivity contribution >= 4 is 17.5 Å². The summed E-state index contributed by atoms with van der Waals surface area (Å²) in [6.45, 7) is 12.5. The Kier molecular flexibility index (Phi) is 3.60. The molecule has 4 aliphatic carbocycles. The number of carbonyl (C=O) groups excluding carboxylic acids is 3. The van der Waals surface area contributed by atoms with Gasteiger partial charge in [0, 0.05) is 28.1 Å². The highest BCUT2D eigenvalue weighted by atomic mass is 16.5. The third kappa shape index (κ3) is 2.02. The zero-order valence-corrected chi connectivity index (χ0v) is 17.3. The first-order chi connectivity index (χ1) is 12.4. The van der Waals surface area contributed by atoms with E-state index in [1.807, 2.05) is 13.8 Å². The van der Waals surface area contributed by atoms with Gasteiger partial charge in [-0.3, -0.25) is 9.59 Å². The summed E-state index contributed by atoms with van der Waals surface area (Å²) in [6.07, 6.45) is 6.39. The van der Waals surface area contributed by atoms with Crippen molar-refractivity contribution in [2.45, 2.75) is 67.2 Å². The zero-order chi connectivity index (χ0) is 20.0. The average Bonchev–Trinajstić information content (AvgIpc) is 3.06. The predicted octanol–water partition coefficient (Wildman–Crippen LogP) is 4.39. The molecule has 0 aliphatic heterocycles. The van der Waals surface area contributed by atoms with Crippen LogP contribution >= 0.6 is 0 Å². The fourth-order valence-electron chi connectivity index (χ4n) is 6.44. The fraction of sp³-hybridized carbons (Fsp3) is 0.696. The first kappa shape index (κ1) is 18.6. The molecule has 0 spiro atoms. The topological polar surface area (TPSA) is 60.4 Å². The zero-order valence-electron chi connectivity index (χ0n) is 17.3. The molecule has 0 heterocycles. The molecule has 4 atom stereocenters. The van der Waals surface area contributed by atoms with Crippen molar-refractivity contribution in [3.63, 3.8) is 0 Å². The number of Topliss-reactive ketones (excluding diaryl/α,β-unsaturated/α-hetero) is 2. The van der Waals surface area contributed by atoms with E-state index in [0.717, 1.165) is 25.7 Å². The number of ether oxygens (including phenoxy) is 1. The monoisotopic (exact) mass is 370 g/mol. The van der Waals surface area contributed by atoms with Gasteiger partial charge >= 0.3 is 5.97 Å². The van der Waals surface area contributed by atoms with Gasteiger partial charge in [0.05, 0.1) is 0 Å². The maximum atomic E-state index is 12.8. The van der Waals surface area contributed by atoms with Gasteiger partial charge in [-0.05, 0) is 48.3 Å².